The van der Waals surface area contributed by atoms with E-state index in [0.717, 1.165) is 20.1 Å². The van der Waals surface area contributed by atoms with Crippen LogP contribution in [0, 0.1) is 0 Å². The van der Waals surface area contributed by atoms with E-state index in [2.05, 4.69) is 15.3 Å². The number of benzene rings is 3. The second-order valence-electron chi connectivity index (χ2n) is 7.24. The number of aromatic carboxylic acids is 1. The molecule has 0 bridgehead atoms. The molecule has 162 valence electrons. The summed E-state index contributed by atoms with van der Waals surface area (Å²) >= 11 is 2.98. The fourth-order valence-electron chi connectivity index (χ4n) is 3.46. The number of carboxylic acid groups (broad SMARTS) is 1. The first-order valence-electron chi connectivity index (χ1n) is 10.1. The highest BCUT2D eigenvalue weighted by Gasteiger charge is 2.13. The molecule has 5 aromatic rings. The number of hydrogen-bond donors (Lipinski definition) is 2. The zero-order valence-corrected chi connectivity index (χ0v) is 18.8. The molecule has 0 aliphatic carbocycles. The van der Waals surface area contributed by atoms with Crippen LogP contribution in [-0.4, -0.2) is 32.7 Å². The first kappa shape index (κ1) is 21.1. The number of thiazole rings is 1. The number of aromatic nitrogens is 2. The molecule has 2 heterocycles. The second-order valence-corrected chi connectivity index (χ2v) is 9.49. The van der Waals surface area contributed by atoms with Crippen LogP contribution in [0.1, 0.15) is 10.4 Å². The number of carboxylic acids is 1. The highest BCUT2D eigenvalue weighted by molar-refractivity contribution is 8.01. The zero-order chi connectivity index (χ0) is 22.8. The van der Waals surface area contributed by atoms with Gasteiger partial charge >= 0.3 is 5.97 Å². The van der Waals surface area contributed by atoms with E-state index in [1.807, 2.05) is 42.5 Å². The van der Waals surface area contributed by atoms with Crippen LogP contribution in [0.25, 0.3) is 32.4 Å². The van der Waals surface area contributed by atoms with Gasteiger partial charge in [0.1, 0.15) is 0 Å². The topological polar surface area (TPSA) is 92.2 Å². The summed E-state index contributed by atoms with van der Waals surface area (Å²) in [5.41, 5.74) is 3.76. The monoisotopic (exact) mass is 471 g/mol. The van der Waals surface area contributed by atoms with Crippen molar-refractivity contribution in [3.63, 3.8) is 0 Å². The molecule has 0 radical (unpaired) electrons. The SMILES string of the molecule is O=C(CSc1nc2ccccc2s1)Nc1ccc(-c2cc(C(=O)O)c3ccccc3n2)cc1. The summed E-state index contributed by atoms with van der Waals surface area (Å²) in [7, 11) is 0. The molecule has 0 saturated heterocycles. The molecule has 8 heteroatoms. The van der Waals surface area contributed by atoms with E-state index in [1.165, 1.54) is 11.8 Å². The molecule has 0 spiro atoms. The van der Waals surface area contributed by atoms with Crippen molar-refractivity contribution in [2.24, 2.45) is 0 Å². The maximum atomic E-state index is 12.4. The normalized spacial score (nSPS) is 11.0. The number of carbonyl (C=O) groups excluding carboxylic acids is 1. The van der Waals surface area contributed by atoms with Crippen molar-refractivity contribution in [2.75, 3.05) is 11.1 Å². The minimum atomic E-state index is -0.996. The Bertz CT molecular complexity index is 1460. The first-order valence-corrected chi connectivity index (χ1v) is 11.9. The summed E-state index contributed by atoms with van der Waals surface area (Å²) in [4.78, 5) is 33.2. The van der Waals surface area contributed by atoms with Crippen molar-refractivity contribution in [3.05, 3.63) is 84.4 Å². The zero-order valence-electron chi connectivity index (χ0n) is 17.2. The van der Waals surface area contributed by atoms with Crippen LogP contribution in [0.5, 0.6) is 0 Å². The van der Waals surface area contributed by atoms with Crippen molar-refractivity contribution in [1.29, 1.82) is 0 Å². The van der Waals surface area contributed by atoms with Crippen molar-refractivity contribution in [3.8, 4) is 11.3 Å². The van der Waals surface area contributed by atoms with Crippen molar-refractivity contribution < 1.29 is 14.7 Å². The molecule has 0 saturated carbocycles. The molecule has 2 N–H and O–H groups in total. The molecule has 1 amide bonds. The second kappa shape index (κ2) is 9.01. The minimum absolute atomic E-state index is 0.121. The molecule has 3 aromatic carbocycles. The van der Waals surface area contributed by atoms with Crippen LogP contribution >= 0.6 is 23.1 Å². The maximum absolute atomic E-state index is 12.4. The third-order valence-electron chi connectivity index (χ3n) is 5.01. The predicted molar refractivity (Wildman–Crippen MR) is 133 cm³/mol. The number of rotatable bonds is 6. The van der Waals surface area contributed by atoms with Gasteiger partial charge in [0, 0.05) is 16.6 Å². The summed E-state index contributed by atoms with van der Waals surface area (Å²) < 4.78 is 1.96. The van der Waals surface area contributed by atoms with Crippen LogP contribution in [0.15, 0.2) is 83.2 Å². The van der Waals surface area contributed by atoms with Crippen LogP contribution < -0.4 is 5.32 Å². The maximum Gasteiger partial charge on any atom is 0.336 e. The van der Waals surface area contributed by atoms with E-state index in [9.17, 15) is 14.7 Å². The molecular weight excluding hydrogens is 454 g/mol. The number of nitrogens with one attached hydrogen (secondary N) is 1. The Morgan fingerprint density at radius 3 is 2.39 bits per heavy atom. The molecule has 0 unspecified atom stereocenters. The number of nitrogens with zero attached hydrogens (tertiary/aromatic N) is 2. The third kappa shape index (κ3) is 4.57. The van der Waals surface area contributed by atoms with Gasteiger partial charge in [-0.05, 0) is 36.4 Å². The third-order valence-corrected chi connectivity index (χ3v) is 7.19. The van der Waals surface area contributed by atoms with Crippen molar-refractivity contribution in [2.45, 2.75) is 4.34 Å². The lowest BCUT2D eigenvalue weighted by atomic mass is 10.0. The Hall–Kier alpha value is -3.75. The fourth-order valence-corrected chi connectivity index (χ4v) is 5.33. The van der Waals surface area contributed by atoms with E-state index in [0.29, 0.717) is 22.3 Å². The summed E-state index contributed by atoms with van der Waals surface area (Å²) in [6, 6.07) is 23.8. The number of para-hydroxylation sites is 2. The molecule has 33 heavy (non-hydrogen) atoms. The van der Waals surface area contributed by atoms with E-state index < -0.39 is 5.97 Å². The van der Waals surface area contributed by atoms with Crippen LogP contribution in [-0.2, 0) is 4.79 Å². The standard InChI is InChI=1S/C25H17N3O3S2/c29-23(14-32-25-28-20-7-3-4-8-22(20)33-25)26-16-11-9-15(10-12-16)21-13-18(24(30)31)17-5-1-2-6-19(17)27-21/h1-13H,14H2,(H,26,29)(H,30,31). The minimum Gasteiger partial charge on any atom is -0.478 e. The molecular formula is C25H17N3O3S2. The van der Waals surface area contributed by atoms with Crippen molar-refractivity contribution in [1.82, 2.24) is 9.97 Å². The van der Waals surface area contributed by atoms with Gasteiger partial charge in [0.25, 0.3) is 0 Å². The predicted octanol–water partition coefficient (Wildman–Crippen LogP) is 5.94. The molecule has 0 atom stereocenters. The number of anilines is 1. The first-order chi connectivity index (χ1) is 16.1. The van der Waals surface area contributed by atoms with Gasteiger partial charge in [-0.3, -0.25) is 4.79 Å². The molecule has 2 aromatic heterocycles. The smallest absolute Gasteiger partial charge is 0.336 e. The molecule has 0 aliphatic rings. The quantitative estimate of drug-likeness (QED) is 0.298. The number of carbonyl (C=O) groups is 2. The van der Waals surface area contributed by atoms with Gasteiger partial charge in [0.05, 0.1) is 32.7 Å². The average molecular weight is 472 g/mol. The van der Waals surface area contributed by atoms with Gasteiger partial charge in [-0.2, -0.15) is 0 Å². The highest BCUT2D eigenvalue weighted by atomic mass is 32.2. The Morgan fingerprint density at radius 2 is 1.64 bits per heavy atom. The Labute approximate surface area is 197 Å². The summed E-state index contributed by atoms with van der Waals surface area (Å²) in [6.07, 6.45) is 0. The lowest BCUT2D eigenvalue weighted by Crippen LogP contribution is -2.13. The van der Waals surface area contributed by atoms with Gasteiger partial charge in [-0.15, -0.1) is 11.3 Å². The van der Waals surface area contributed by atoms with Gasteiger partial charge < -0.3 is 10.4 Å². The van der Waals surface area contributed by atoms with Gasteiger partial charge in [-0.25, -0.2) is 14.8 Å². The van der Waals surface area contributed by atoms with E-state index in [1.54, 1.807) is 47.7 Å². The number of thioether (sulfide) groups is 1. The molecule has 6 nitrogen and oxygen atoms in total. The lowest BCUT2D eigenvalue weighted by Gasteiger charge is -2.09. The van der Waals surface area contributed by atoms with Gasteiger partial charge in [0.15, 0.2) is 4.34 Å². The fraction of sp³-hybridized carbons (Fsp3) is 0.0400. The summed E-state index contributed by atoms with van der Waals surface area (Å²) in [5.74, 6) is -0.858. The Balaban J connectivity index is 1.28. The van der Waals surface area contributed by atoms with Crippen LogP contribution in [0.2, 0.25) is 0 Å². The molecule has 5 rings (SSSR count). The van der Waals surface area contributed by atoms with Crippen LogP contribution in [0.3, 0.4) is 0 Å². The van der Waals surface area contributed by atoms with E-state index >= 15 is 0 Å². The molecule has 0 aliphatic heterocycles. The Kier molecular flexibility index (Phi) is 5.77. The van der Waals surface area contributed by atoms with Crippen molar-refractivity contribution >= 4 is 61.8 Å². The van der Waals surface area contributed by atoms with Gasteiger partial charge in [0.2, 0.25) is 5.91 Å². The summed E-state index contributed by atoms with van der Waals surface area (Å²) in [5, 5.41) is 13.1. The van der Waals surface area contributed by atoms with E-state index in [-0.39, 0.29) is 17.2 Å². The lowest BCUT2D eigenvalue weighted by molar-refractivity contribution is -0.113. The van der Waals surface area contributed by atoms with Gasteiger partial charge in [-0.1, -0.05) is 54.2 Å². The number of fused-ring (bicyclic) bond motifs is 2. The highest BCUT2D eigenvalue weighted by Crippen LogP contribution is 2.30. The number of hydrogen-bond acceptors (Lipinski definition) is 6. The largest absolute Gasteiger partial charge is 0.478 e. The average Bonchev–Trinajstić information content (AvgIpc) is 3.25. The number of amides is 1. The van der Waals surface area contributed by atoms with Crippen LogP contribution in [0.4, 0.5) is 5.69 Å². The summed E-state index contributed by atoms with van der Waals surface area (Å²) in [6.45, 7) is 0. The Morgan fingerprint density at radius 1 is 0.909 bits per heavy atom. The molecule has 0 fully saturated rings. The van der Waals surface area contributed by atoms with E-state index in [4.69, 9.17) is 0 Å². The number of pyridine rings is 1.